The molecule has 0 aliphatic carbocycles. The van der Waals surface area contributed by atoms with E-state index in [1.54, 1.807) is 11.3 Å². The van der Waals surface area contributed by atoms with E-state index in [9.17, 15) is 4.79 Å². The summed E-state index contributed by atoms with van der Waals surface area (Å²) in [6, 6.07) is 17.6. The van der Waals surface area contributed by atoms with Crippen molar-refractivity contribution >= 4 is 27.5 Å². The van der Waals surface area contributed by atoms with Gasteiger partial charge in [-0.2, -0.15) is 9.90 Å². The molecular weight excluding hydrogens is 346 g/mol. The van der Waals surface area contributed by atoms with Crippen LogP contribution in [0.5, 0.6) is 0 Å². The normalized spacial score (nSPS) is 10.9. The molecule has 1 amide bonds. The summed E-state index contributed by atoms with van der Waals surface area (Å²) in [7, 11) is 0. The standard InChI is InChI=1S/C19H17N5OS/c25-19(16-13-21-24(23-16)14-7-2-1-3-8-14)20-12-6-11-18-22-15-9-4-5-10-17(15)26-18/h1-5,7-10,13H,6,11-12H2,(H,20,25). The van der Waals surface area contributed by atoms with Gasteiger partial charge in [-0.1, -0.05) is 30.3 Å². The fourth-order valence-corrected chi connectivity index (χ4v) is 3.62. The van der Waals surface area contributed by atoms with Crippen LogP contribution < -0.4 is 5.32 Å². The lowest BCUT2D eigenvalue weighted by Crippen LogP contribution is -2.25. The average Bonchev–Trinajstić information content (AvgIpc) is 3.32. The average molecular weight is 363 g/mol. The molecule has 7 heteroatoms. The van der Waals surface area contributed by atoms with Crippen molar-refractivity contribution in [3.63, 3.8) is 0 Å². The van der Waals surface area contributed by atoms with E-state index in [0.717, 1.165) is 29.1 Å². The predicted octanol–water partition coefficient (Wildman–Crippen LogP) is 3.24. The number of hydrogen-bond donors (Lipinski definition) is 1. The van der Waals surface area contributed by atoms with Gasteiger partial charge in [-0.3, -0.25) is 4.79 Å². The number of benzene rings is 2. The molecule has 0 aliphatic rings. The highest BCUT2D eigenvalue weighted by Gasteiger charge is 2.11. The molecule has 4 aromatic rings. The van der Waals surface area contributed by atoms with Gasteiger partial charge in [0.1, 0.15) is 0 Å². The summed E-state index contributed by atoms with van der Waals surface area (Å²) in [5.74, 6) is -0.212. The molecule has 2 aromatic carbocycles. The number of fused-ring (bicyclic) bond motifs is 1. The Bertz CT molecular complexity index is 992. The highest BCUT2D eigenvalue weighted by atomic mass is 32.1. The van der Waals surface area contributed by atoms with E-state index >= 15 is 0 Å². The Morgan fingerprint density at radius 2 is 1.88 bits per heavy atom. The molecule has 4 rings (SSSR count). The SMILES string of the molecule is O=C(NCCCc1nc2ccccc2s1)c1cnn(-c2ccccc2)n1. The van der Waals surface area contributed by atoms with E-state index in [2.05, 4.69) is 26.6 Å². The van der Waals surface area contributed by atoms with Crippen LogP contribution in [-0.2, 0) is 6.42 Å². The summed E-state index contributed by atoms with van der Waals surface area (Å²) in [5.41, 5.74) is 2.17. The first-order valence-corrected chi connectivity index (χ1v) is 9.22. The Morgan fingerprint density at radius 3 is 2.73 bits per heavy atom. The molecule has 26 heavy (non-hydrogen) atoms. The van der Waals surface area contributed by atoms with Crippen LogP contribution in [0.1, 0.15) is 21.9 Å². The summed E-state index contributed by atoms with van der Waals surface area (Å²) in [5, 5.41) is 12.4. The Morgan fingerprint density at radius 1 is 1.08 bits per heavy atom. The fourth-order valence-electron chi connectivity index (χ4n) is 2.61. The van der Waals surface area contributed by atoms with Crippen molar-refractivity contribution in [2.24, 2.45) is 0 Å². The van der Waals surface area contributed by atoms with E-state index in [-0.39, 0.29) is 5.91 Å². The van der Waals surface area contributed by atoms with Crippen LogP contribution in [0.15, 0.2) is 60.8 Å². The number of hydrogen-bond acceptors (Lipinski definition) is 5. The van der Waals surface area contributed by atoms with Gasteiger partial charge in [0.25, 0.3) is 5.91 Å². The maximum absolute atomic E-state index is 12.2. The second kappa shape index (κ2) is 7.45. The van der Waals surface area contributed by atoms with Crippen molar-refractivity contribution in [1.82, 2.24) is 25.3 Å². The van der Waals surface area contributed by atoms with Crippen molar-refractivity contribution < 1.29 is 4.79 Å². The molecule has 0 bridgehead atoms. The van der Waals surface area contributed by atoms with Crippen LogP contribution in [0.2, 0.25) is 0 Å². The smallest absolute Gasteiger partial charge is 0.273 e. The number of nitrogens with zero attached hydrogens (tertiary/aromatic N) is 4. The van der Waals surface area contributed by atoms with Gasteiger partial charge in [0.05, 0.1) is 27.1 Å². The quantitative estimate of drug-likeness (QED) is 0.534. The van der Waals surface area contributed by atoms with Crippen LogP contribution in [0, 0.1) is 0 Å². The Kier molecular flexibility index (Phi) is 4.70. The molecule has 0 radical (unpaired) electrons. The number of carbonyl (C=O) groups is 1. The Labute approximate surface area is 154 Å². The molecule has 0 fully saturated rings. The molecule has 2 heterocycles. The number of aryl methyl sites for hydroxylation is 1. The largest absolute Gasteiger partial charge is 0.351 e. The van der Waals surface area contributed by atoms with Crippen LogP contribution in [0.4, 0.5) is 0 Å². The zero-order valence-corrected chi connectivity index (χ0v) is 14.8. The summed E-state index contributed by atoms with van der Waals surface area (Å²) in [6.07, 6.45) is 3.16. The summed E-state index contributed by atoms with van der Waals surface area (Å²) < 4.78 is 1.20. The van der Waals surface area contributed by atoms with Gasteiger partial charge < -0.3 is 5.32 Å². The third kappa shape index (κ3) is 3.62. The second-order valence-corrected chi connectivity index (χ2v) is 6.90. The van der Waals surface area contributed by atoms with Gasteiger partial charge in [0.2, 0.25) is 0 Å². The number of para-hydroxylation sites is 2. The molecule has 2 aromatic heterocycles. The maximum Gasteiger partial charge on any atom is 0.273 e. The summed E-state index contributed by atoms with van der Waals surface area (Å²) in [6.45, 7) is 0.576. The topological polar surface area (TPSA) is 72.7 Å². The minimum atomic E-state index is -0.212. The molecular formula is C19H17N5OS. The first kappa shape index (κ1) is 16.4. The van der Waals surface area contributed by atoms with Gasteiger partial charge in [0.15, 0.2) is 5.69 Å². The first-order chi connectivity index (χ1) is 12.8. The molecule has 0 saturated heterocycles. The van der Waals surface area contributed by atoms with Crippen LogP contribution in [-0.4, -0.2) is 32.4 Å². The van der Waals surface area contributed by atoms with E-state index < -0.39 is 0 Å². The van der Waals surface area contributed by atoms with E-state index in [4.69, 9.17) is 0 Å². The fraction of sp³-hybridized carbons (Fsp3) is 0.158. The van der Waals surface area contributed by atoms with Crippen molar-refractivity contribution in [3.05, 3.63) is 71.5 Å². The third-order valence-electron chi connectivity index (χ3n) is 3.90. The monoisotopic (exact) mass is 363 g/mol. The molecule has 0 aliphatic heterocycles. The van der Waals surface area contributed by atoms with E-state index in [0.29, 0.717) is 12.2 Å². The summed E-state index contributed by atoms with van der Waals surface area (Å²) in [4.78, 5) is 18.3. The molecule has 0 saturated carbocycles. The van der Waals surface area contributed by atoms with Crippen molar-refractivity contribution in [1.29, 1.82) is 0 Å². The zero-order valence-electron chi connectivity index (χ0n) is 14.0. The van der Waals surface area contributed by atoms with Gasteiger partial charge in [0, 0.05) is 13.0 Å². The van der Waals surface area contributed by atoms with Crippen LogP contribution in [0.25, 0.3) is 15.9 Å². The summed E-state index contributed by atoms with van der Waals surface area (Å²) >= 11 is 1.70. The minimum Gasteiger partial charge on any atom is -0.351 e. The van der Waals surface area contributed by atoms with Crippen molar-refractivity contribution in [2.45, 2.75) is 12.8 Å². The number of thiazole rings is 1. The van der Waals surface area contributed by atoms with Gasteiger partial charge in [-0.05, 0) is 30.7 Å². The number of carbonyl (C=O) groups excluding carboxylic acids is 1. The third-order valence-corrected chi connectivity index (χ3v) is 5.00. The molecule has 0 atom stereocenters. The molecule has 1 N–H and O–H groups in total. The lowest BCUT2D eigenvalue weighted by Gasteiger charge is -2.01. The molecule has 0 spiro atoms. The maximum atomic E-state index is 12.2. The second-order valence-electron chi connectivity index (χ2n) is 5.79. The molecule has 6 nitrogen and oxygen atoms in total. The van der Waals surface area contributed by atoms with Gasteiger partial charge in [-0.25, -0.2) is 4.98 Å². The van der Waals surface area contributed by atoms with Gasteiger partial charge in [-0.15, -0.1) is 16.4 Å². The van der Waals surface area contributed by atoms with Crippen molar-refractivity contribution in [2.75, 3.05) is 6.54 Å². The number of nitrogens with one attached hydrogen (secondary N) is 1. The number of aromatic nitrogens is 4. The highest BCUT2D eigenvalue weighted by Crippen LogP contribution is 2.22. The van der Waals surface area contributed by atoms with Crippen LogP contribution >= 0.6 is 11.3 Å². The minimum absolute atomic E-state index is 0.212. The Balaban J connectivity index is 1.29. The van der Waals surface area contributed by atoms with Gasteiger partial charge >= 0.3 is 0 Å². The number of amides is 1. The lowest BCUT2D eigenvalue weighted by molar-refractivity contribution is 0.0948. The van der Waals surface area contributed by atoms with E-state index in [1.807, 2.05) is 48.5 Å². The first-order valence-electron chi connectivity index (χ1n) is 8.40. The molecule has 0 unspecified atom stereocenters. The lowest BCUT2D eigenvalue weighted by atomic mass is 10.3. The predicted molar refractivity (Wildman–Crippen MR) is 102 cm³/mol. The van der Waals surface area contributed by atoms with E-state index in [1.165, 1.54) is 15.7 Å². The van der Waals surface area contributed by atoms with Crippen molar-refractivity contribution in [3.8, 4) is 5.69 Å². The Hall–Kier alpha value is -3.06. The number of rotatable bonds is 6. The highest BCUT2D eigenvalue weighted by molar-refractivity contribution is 7.18. The van der Waals surface area contributed by atoms with Crippen LogP contribution in [0.3, 0.4) is 0 Å². The molecule has 130 valence electrons. The zero-order chi connectivity index (χ0) is 17.8.